The van der Waals surface area contributed by atoms with Crippen LogP contribution in [0.2, 0.25) is 0 Å². The first-order valence-electron chi connectivity index (χ1n) is 11.7. The maximum absolute atomic E-state index is 14.1. The number of benzene rings is 3. The Labute approximate surface area is 204 Å². The van der Waals surface area contributed by atoms with Gasteiger partial charge in [-0.15, -0.1) is 0 Å². The molecular formula is C28H30F2N2O3. The molecule has 7 heteroatoms. The van der Waals surface area contributed by atoms with Gasteiger partial charge in [0, 0.05) is 32.7 Å². The van der Waals surface area contributed by atoms with E-state index >= 15 is 0 Å². The van der Waals surface area contributed by atoms with Crippen LogP contribution in [0, 0.1) is 18.6 Å². The van der Waals surface area contributed by atoms with Crippen molar-refractivity contribution in [1.82, 2.24) is 9.80 Å². The summed E-state index contributed by atoms with van der Waals surface area (Å²) < 4.78 is 39.9. The Morgan fingerprint density at radius 3 is 2.26 bits per heavy atom. The summed E-state index contributed by atoms with van der Waals surface area (Å²) in [5, 5.41) is 0. The minimum Gasteiger partial charge on any atom is -0.497 e. The van der Waals surface area contributed by atoms with E-state index in [4.69, 9.17) is 9.47 Å². The van der Waals surface area contributed by atoms with E-state index in [1.54, 1.807) is 7.11 Å². The van der Waals surface area contributed by atoms with Crippen LogP contribution in [0.4, 0.5) is 8.78 Å². The van der Waals surface area contributed by atoms with Crippen LogP contribution in [0.25, 0.3) is 0 Å². The molecule has 1 atom stereocenters. The number of carbonyl (C=O) groups is 1. The molecular weight excluding hydrogens is 450 g/mol. The van der Waals surface area contributed by atoms with Crippen LogP contribution in [0.3, 0.4) is 0 Å². The number of halogens is 2. The van der Waals surface area contributed by atoms with Crippen LogP contribution in [-0.4, -0.2) is 55.5 Å². The molecule has 0 unspecified atom stereocenters. The van der Waals surface area contributed by atoms with Crippen molar-refractivity contribution in [3.05, 3.63) is 101 Å². The summed E-state index contributed by atoms with van der Waals surface area (Å²) in [6.45, 7) is 5.06. The zero-order chi connectivity index (χ0) is 24.8. The van der Waals surface area contributed by atoms with Crippen molar-refractivity contribution in [2.45, 2.75) is 19.6 Å². The quantitative estimate of drug-likeness (QED) is 0.455. The number of carbonyl (C=O) groups excluding carboxylic acids is 1. The molecule has 35 heavy (non-hydrogen) atoms. The van der Waals surface area contributed by atoms with Gasteiger partial charge < -0.3 is 14.4 Å². The Morgan fingerprint density at radius 2 is 1.60 bits per heavy atom. The van der Waals surface area contributed by atoms with E-state index in [1.807, 2.05) is 24.3 Å². The Kier molecular flexibility index (Phi) is 8.10. The lowest BCUT2D eigenvalue weighted by Crippen LogP contribution is -2.50. The molecule has 0 aliphatic carbocycles. The first-order chi connectivity index (χ1) is 16.9. The number of piperazine rings is 1. The van der Waals surface area contributed by atoms with Crippen LogP contribution in [-0.2, 0) is 11.3 Å². The molecule has 1 amide bonds. The minimum atomic E-state index is -0.833. The average Bonchev–Trinajstić information content (AvgIpc) is 2.87. The van der Waals surface area contributed by atoms with Gasteiger partial charge >= 0.3 is 0 Å². The largest absolute Gasteiger partial charge is 0.497 e. The molecule has 0 bridgehead atoms. The van der Waals surface area contributed by atoms with Gasteiger partial charge in [-0.3, -0.25) is 9.69 Å². The van der Waals surface area contributed by atoms with E-state index in [0.717, 1.165) is 29.0 Å². The minimum absolute atomic E-state index is 0.210. The van der Waals surface area contributed by atoms with Crippen LogP contribution in [0.1, 0.15) is 33.2 Å². The Hall–Kier alpha value is -3.29. The zero-order valence-corrected chi connectivity index (χ0v) is 20.0. The Bertz CT molecular complexity index is 1120. The second kappa shape index (κ2) is 11.4. The van der Waals surface area contributed by atoms with Crippen molar-refractivity contribution in [1.29, 1.82) is 0 Å². The fraction of sp³-hybridized carbons (Fsp3) is 0.321. The third-order valence-corrected chi connectivity index (χ3v) is 6.30. The highest BCUT2D eigenvalue weighted by atomic mass is 19.1. The molecule has 3 aromatic rings. The predicted molar refractivity (Wildman–Crippen MR) is 130 cm³/mol. The van der Waals surface area contributed by atoms with E-state index in [9.17, 15) is 13.6 Å². The highest BCUT2D eigenvalue weighted by molar-refractivity contribution is 5.94. The average molecular weight is 481 g/mol. The standard InChI is InChI=1S/C28H30F2N2O3/c1-20-9-11-21(12-10-20)19-35-26(22-5-3-6-23(17-22)34-2)18-31-13-15-32(16-14-31)28(33)27-24(29)7-4-8-25(27)30/h3-12,17,26H,13-16,18-19H2,1-2H3/t26-/m1/s1. The molecule has 0 N–H and O–H groups in total. The molecule has 1 fully saturated rings. The van der Waals surface area contributed by atoms with Gasteiger partial charge in [-0.2, -0.15) is 0 Å². The fourth-order valence-electron chi connectivity index (χ4n) is 4.21. The Morgan fingerprint density at radius 1 is 0.943 bits per heavy atom. The van der Waals surface area contributed by atoms with Crippen molar-refractivity contribution in [3.8, 4) is 5.75 Å². The van der Waals surface area contributed by atoms with Crippen LogP contribution in [0.15, 0.2) is 66.7 Å². The van der Waals surface area contributed by atoms with Gasteiger partial charge in [0.1, 0.15) is 22.9 Å². The molecule has 5 nitrogen and oxygen atoms in total. The normalized spacial score (nSPS) is 15.1. The van der Waals surface area contributed by atoms with Crippen molar-refractivity contribution in [2.24, 2.45) is 0 Å². The maximum atomic E-state index is 14.1. The summed E-state index contributed by atoms with van der Waals surface area (Å²) >= 11 is 0. The number of hydrogen-bond donors (Lipinski definition) is 0. The Balaban J connectivity index is 1.42. The highest BCUT2D eigenvalue weighted by Gasteiger charge is 2.28. The lowest BCUT2D eigenvalue weighted by molar-refractivity contribution is 0.00324. The molecule has 0 saturated carbocycles. The smallest absolute Gasteiger partial charge is 0.259 e. The molecule has 1 aliphatic rings. The first-order valence-corrected chi connectivity index (χ1v) is 11.7. The number of amides is 1. The van der Waals surface area contributed by atoms with Gasteiger partial charge in [0.15, 0.2) is 0 Å². The fourth-order valence-corrected chi connectivity index (χ4v) is 4.21. The summed E-state index contributed by atoms with van der Waals surface area (Å²) in [5.74, 6) is -1.52. The number of ether oxygens (including phenoxy) is 2. The van der Waals surface area contributed by atoms with Gasteiger partial charge in [0.25, 0.3) is 5.91 Å². The zero-order valence-electron chi connectivity index (χ0n) is 20.0. The first kappa shape index (κ1) is 24.8. The number of rotatable bonds is 8. The molecule has 184 valence electrons. The van der Waals surface area contributed by atoms with Gasteiger partial charge in [0.2, 0.25) is 0 Å². The predicted octanol–water partition coefficient (Wildman–Crippen LogP) is 5.00. The van der Waals surface area contributed by atoms with E-state index in [0.29, 0.717) is 39.3 Å². The summed E-state index contributed by atoms with van der Waals surface area (Å²) in [4.78, 5) is 16.4. The third kappa shape index (κ3) is 6.24. The number of methoxy groups -OCH3 is 1. The third-order valence-electron chi connectivity index (χ3n) is 6.30. The summed E-state index contributed by atoms with van der Waals surface area (Å²) in [5.41, 5.74) is 2.80. The van der Waals surface area contributed by atoms with Gasteiger partial charge in [-0.05, 0) is 42.3 Å². The number of aryl methyl sites for hydroxylation is 1. The lowest BCUT2D eigenvalue weighted by Gasteiger charge is -2.36. The topological polar surface area (TPSA) is 42.0 Å². The van der Waals surface area contributed by atoms with Crippen LogP contribution in [0.5, 0.6) is 5.75 Å². The summed E-state index contributed by atoms with van der Waals surface area (Å²) in [7, 11) is 1.63. The van der Waals surface area contributed by atoms with E-state index < -0.39 is 23.1 Å². The van der Waals surface area contributed by atoms with Gasteiger partial charge in [0.05, 0.1) is 19.8 Å². The molecule has 0 aromatic heterocycles. The van der Waals surface area contributed by atoms with Crippen molar-refractivity contribution >= 4 is 5.91 Å². The summed E-state index contributed by atoms with van der Waals surface area (Å²) in [6, 6.07) is 19.5. The van der Waals surface area contributed by atoms with Crippen molar-refractivity contribution < 1.29 is 23.0 Å². The van der Waals surface area contributed by atoms with E-state index in [2.05, 4.69) is 36.1 Å². The monoisotopic (exact) mass is 480 g/mol. The molecule has 1 aliphatic heterocycles. The van der Waals surface area contributed by atoms with Crippen molar-refractivity contribution in [2.75, 3.05) is 39.8 Å². The molecule has 3 aromatic carbocycles. The second-order valence-corrected chi connectivity index (χ2v) is 8.75. The SMILES string of the molecule is COc1cccc([C@@H](CN2CCN(C(=O)c3c(F)cccc3F)CC2)OCc2ccc(C)cc2)c1. The maximum Gasteiger partial charge on any atom is 0.259 e. The van der Waals surface area contributed by atoms with Crippen LogP contribution < -0.4 is 4.74 Å². The molecule has 0 spiro atoms. The number of hydrogen-bond acceptors (Lipinski definition) is 4. The molecule has 0 radical (unpaired) electrons. The summed E-state index contributed by atoms with van der Waals surface area (Å²) in [6.07, 6.45) is -0.210. The molecule has 1 heterocycles. The van der Waals surface area contributed by atoms with Crippen molar-refractivity contribution in [3.63, 3.8) is 0 Å². The second-order valence-electron chi connectivity index (χ2n) is 8.75. The lowest BCUT2D eigenvalue weighted by atomic mass is 10.1. The van der Waals surface area contributed by atoms with E-state index in [1.165, 1.54) is 16.5 Å². The molecule has 1 saturated heterocycles. The molecule has 4 rings (SSSR count). The number of nitrogens with zero attached hydrogens (tertiary/aromatic N) is 2. The van der Waals surface area contributed by atoms with Crippen LogP contribution >= 0.6 is 0 Å². The van der Waals surface area contributed by atoms with Gasteiger partial charge in [-0.1, -0.05) is 48.0 Å². The van der Waals surface area contributed by atoms with Gasteiger partial charge in [-0.25, -0.2) is 8.78 Å². The highest BCUT2D eigenvalue weighted by Crippen LogP contribution is 2.25. The van der Waals surface area contributed by atoms with E-state index in [-0.39, 0.29) is 6.10 Å².